The number of hydrogen-bond acceptors (Lipinski definition) is 0. The average molecular weight is 195 g/mol. The molecule has 0 saturated heterocycles. The van der Waals surface area contributed by atoms with Crippen molar-refractivity contribution in [3.8, 4) is 0 Å². The Labute approximate surface area is 85.2 Å². The summed E-state index contributed by atoms with van der Waals surface area (Å²) < 4.78 is 0. The van der Waals surface area contributed by atoms with E-state index in [0.717, 1.165) is 6.42 Å². The van der Waals surface area contributed by atoms with Gasteiger partial charge in [-0.25, -0.2) is 0 Å². The summed E-state index contributed by atoms with van der Waals surface area (Å²) >= 11 is 5.83. The van der Waals surface area contributed by atoms with Crippen LogP contribution in [-0.4, -0.2) is 0 Å². The molecule has 0 unspecified atom stereocenters. The van der Waals surface area contributed by atoms with E-state index in [1.54, 1.807) is 0 Å². The minimum atomic E-state index is 0.604. The van der Waals surface area contributed by atoms with Crippen molar-refractivity contribution in [1.82, 2.24) is 0 Å². The summed E-state index contributed by atoms with van der Waals surface area (Å²) in [5.74, 6) is 0.604. The maximum absolute atomic E-state index is 5.83. The number of alkyl halides is 1. The van der Waals surface area contributed by atoms with Gasteiger partial charge in [-0.2, -0.15) is 0 Å². The largest absolute Gasteiger partial charge is 0.122 e. The molecule has 1 aromatic carbocycles. The van der Waals surface area contributed by atoms with Gasteiger partial charge in [0.2, 0.25) is 0 Å². The van der Waals surface area contributed by atoms with Crippen LogP contribution in [0.1, 0.15) is 25.0 Å². The van der Waals surface area contributed by atoms with Gasteiger partial charge in [0.15, 0.2) is 0 Å². The maximum Gasteiger partial charge on any atom is 0.0476 e. The van der Waals surface area contributed by atoms with Gasteiger partial charge in [-0.05, 0) is 31.4 Å². The molecule has 0 bridgehead atoms. The lowest BCUT2D eigenvalue weighted by molar-refractivity contribution is 1.17. The van der Waals surface area contributed by atoms with Gasteiger partial charge in [0, 0.05) is 5.88 Å². The molecule has 1 heteroatoms. The highest BCUT2D eigenvalue weighted by molar-refractivity contribution is 6.17. The van der Waals surface area contributed by atoms with Crippen LogP contribution in [0.25, 0.3) is 0 Å². The highest BCUT2D eigenvalue weighted by atomic mass is 35.5. The molecule has 0 fully saturated rings. The second-order valence-electron chi connectivity index (χ2n) is 3.39. The van der Waals surface area contributed by atoms with E-state index in [0.29, 0.717) is 5.88 Å². The fourth-order valence-electron chi connectivity index (χ4n) is 1.20. The number of hydrogen-bond donors (Lipinski definition) is 0. The molecule has 0 aliphatic rings. The van der Waals surface area contributed by atoms with Gasteiger partial charge in [0.1, 0.15) is 0 Å². The summed E-state index contributed by atoms with van der Waals surface area (Å²) in [5, 5.41) is 0. The number of rotatable bonds is 3. The van der Waals surface area contributed by atoms with Crippen LogP contribution >= 0.6 is 11.6 Å². The van der Waals surface area contributed by atoms with Crippen molar-refractivity contribution in [2.24, 2.45) is 0 Å². The third-order valence-electron chi connectivity index (χ3n) is 1.99. The Morgan fingerprint density at radius 3 is 2.38 bits per heavy atom. The summed E-state index contributed by atoms with van der Waals surface area (Å²) in [5.41, 5.74) is 3.92. The fraction of sp³-hybridized carbons (Fsp3) is 0.333. The van der Waals surface area contributed by atoms with Crippen molar-refractivity contribution in [2.45, 2.75) is 26.1 Å². The van der Waals surface area contributed by atoms with Crippen LogP contribution in [0.4, 0.5) is 0 Å². The van der Waals surface area contributed by atoms with E-state index in [9.17, 15) is 0 Å². The third-order valence-corrected chi connectivity index (χ3v) is 2.28. The van der Waals surface area contributed by atoms with Gasteiger partial charge in [-0.15, -0.1) is 11.6 Å². The molecular formula is C12H15Cl. The van der Waals surface area contributed by atoms with E-state index in [1.165, 1.54) is 16.7 Å². The molecule has 0 amide bonds. The molecule has 70 valence electrons. The fourth-order valence-corrected chi connectivity index (χ4v) is 1.46. The zero-order valence-corrected chi connectivity index (χ0v) is 8.93. The first kappa shape index (κ1) is 10.3. The van der Waals surface area contributed by atoms with Crippen LogP contribution in [-0.2, 0) is 12.3 Å². The topological polar surface area (TPSA) is 0 Å². The van der Waals surface area contributed by atoms with Gasteiger partial charge in [0.25, 0.3) is 0 Å². The first-order valence-corrected chi connectivity index (χ1v) is 5.03. The van der Waals surface area contributed by atoms with Gasteiger partial charge >= 0.3 is 0 Å². The predicted molar refractivity (Wildman–Crippen MR) is 59.1 cm³/mol. The standard InChI is InChI=1S/C12H15Cl/c1-10(2)7-8-11-5-3-4-6-12(11)9-13/h3-7H,8-9H2,1-2H3. The predicted octanol–water partition coefficient (Wildman–Crippen LogP) is 3.93. The Morgan fingerprint density at radius 2 is 1.85 bits per heavy atom. The smallest absolute Gasteiger partial charge is 0.0476 e. The van der Waals surface area contributed by atoms with Crippen LogP contribution in [0.15, 0.2) is 35.9 Å². The molecule has 0 N–H and O–H groups in total. The first-order valence-electron chi connectivity index (χ1n) is 4.50. The van der Waals surface area contributed by atoms with Crippen molar-refractivity contribution >= 4 is 11.6 Å². The molecule has 0 saturated carbocycles. The molecule has 0 aromatic heterocycles. The zero-order chi connectivity index (χ0) is 9.68. The van der Waals surface area contributed by atoms with Crippen LogP contribution in [0.3, 0.4) is 0 Å². The van der Waals surface area contributed by atoms with Crippen molar-refractivity contribution < 1.29 is 0 Å². The molecule has 0 heterocycles. The monoisotopic (exact) mass is 194 g/mol. The average Bonchev–Trinajstić information content (AvgIpc) is 2.15. The van der Waals surface area contributed by atoms with Gasteiger partial charge < -0.3 is 0 Å². The second kappa shape index (κ2) is 5.08. The van der Waals surface area contributed by atoms with Crippen molar-refractivity contribution in [2.75, 3.05) is 0 Å². The third kappa shape index (κ3) is 3.23. The SMILES string of the molecule is CC(C)=CCc1ccccc1CCl. The minimum absolute atomic E-state index is 0.604. The summed E-state index contributed by atoms with van der Waals surface area (Å²) in [6.07, 6.45) is 3.22. The Bertz CT molecular complexity index is 296. The van der Waals surface area contributed by atoms with Gasteiger partial charge in [-0.1, -0.05) is 35.9 Å². The van der Waals surface area contributed by atoms with Crippen LogP contribution < -0.4 is 0 Å². The molecule has 0 nitrogen and oxygen atoms in total. The lowest BCUT2D eigenvalue weighted by Crippen LogP contribution is -1.89. The molecule has 0 aliphatic heterocycles. The Morgan fingerprint density at radius 1 is 1.23 bits per heavy atom. The minimum Gasteiger partial charge on any atom is -0.122 e. The molecule has 0 radical (unpaired) electrons. The normalized spacial score (nSPS) is 9.77. The molecule has 1 rings (SSSR count). The summed E-state index contributed by atoms with van der Waals surface area (Å²) in [4.78, 5) is 0. The molecule has 1 aromatic rings. The van der Waals surface area contributed by atoms with E-state index < -0.39 is 0 Å². The van der Waals surface area contributed by atoms with Crippen molar-refractivity contribution in [3.63, 3.8) is 0 Å². The highest BCUT2D eigenvalue weighted by Crippen LogP contribution is 2.12. The van der Waals surface area contributed by atoms with E-state index >= 15 is 0 Å². The summed E-state index contributed by atoms with van der Waals surface area (Å²) in [7, 11) is 0. The van der Waals surface area contributed by atoms with Crippen LogP contribution in [0.2, 0.25) is 0 Å². The lowest BCUT2D eigenvalue weighted by Gasteiger charge is -2.03. The summed E-state index contributed by atoms with van der Waals surface area (Å²) in [6, 6.07) is 8.31. The maximum atomic E-state index is 5.83. The van der Waals surface area contributed by atoms with E-state index in [-0.39, 0.29) is 0 Å². The zero-order valence-electron chi connectivity index (χ0n) is 8.18. The van der Waals surface area contributed by atoms with E-state index in [1.807, 2.05) is 6.07 Å². The molecule has 0 spiro atoms. The van der Waals surface area contributed by atoms with Crippen molar-refractivity contribution in [3.05, 3.63) is 47.0 Å². The molecule has 0 aliphatic carbocycles. The van der Waals surface area contributed by atoms with E-state index in [2.05, 4.69) is 38.1 Å². The Hall–Kier alpha value is -0.750. The Kier molecular flexibility index (Phi) is 4.04. The van der Waals surface area contributed by atoms with E-state index in [4.69, 9.17) is 11.6 Å². The number of allylic oxidation sites excluding steroid dienone is 2. The molecule has 13 heavy (non-hydrogen) atoms. The number of benzene rings is 1. The van der Waals surface area contributed by atoms with Crippen LogP contribution in [0.5, 0.6) is 0 Å². The quantitative estimate of drug-likeness (QED) is 0.505. The lowest BCUT2D eigenvalue weighted by atomic mass is 10.0. The van der Waals surface area contributed by atoms with Crippen molar-refractivity contribution in [1.29, 1.82) is 0 Å². The molecular weight excluding hydrogens is 180 g/mol. The van der Waals surface area contributed by atoms with Crippen LogP contribution in [0, 0.1) is 0 Å². The van der Waals surface area contributed by atoms with Gasteiger partial charge in [-0.3, -0.25) is 0 Å². The summed E-state index contributed by atoms with van der Waals surface area (Å²) in [6.45, 7) is 4.23. The van der Waals surface area contributed by atoms with Gasteiger partial charge in [0.05, 0.1) is 0 Å². The Balaban J connectivity index is 2.81. The highest BCUT2D eigenvalue weighted by Gasteiger charge is 1.97. The first-order chi connectivity index (χ1) is 6.24. The second-order valence-corrected chi connectivity index (χ2v) is 3.66. The number of halogens is 1. The molecule has 0 atom stereocenters.